The van der Waals surface area contributed by atoms with Crippen molar-refractivity contribution in [1.82, 2.24) is 19.5 Å². The number of aryl methyl sites for hydroxylation is 2. The Hall–Kier alpha value is -1.62. The highest BCUT2D eigenvalue weighted by atomic mass is 35.5. The first-order valence-electron chi connectivity index (χ1n) is 5.24. The summed E-state index contributed by atoms with van der Waals surface area (Å²) in [6, 6.07) is 0. The van der Waals surface area contributed by atoms with Crippen LogP contribution >= 0.6 is 11.6 Å². The topological polar surface area (TPSA) is 46.8 Å². The summed E-state index contributed by atoms with van der Waals surface area (Å²) in [5.41, 5.74) is 0.992. The molecule has 2 rings (SSSR count). The van der Waals surface area contributed by atoms with Gasteiger partial charge in [0, 0.05) is 38.2 Å². The molecule has 0 aliphatic carbocycles. The minimum Gasteiger partial charge on any atom is -0.352 e. The van der Waals surface area contributed by atoms with Gasteiger partial charge in [0.15, 0.2) is 0 Å². The molecule has 0 unspecified atom stereocenters. The summed E-state index contributed by atoms with van der Waals surface area (Å²) in [5.74, 6) is 1.80. The van der Waals surface area contributed by atoms with Crippen molar-refractivity contribution in [2.75, 3.05) is 11.9 Å². The summed E-state index contributed by atoms with van der Waals surface area (Å²) in [4.78, 5) is 14.5. The smallest absolute Gasteiger partial charge is 0.224 e. The van der Waals surface area contributed by atoms with Gasteiger partial charge in [0.2, 0.25) is 5.28 Å². The number of rotatable bonds is 3. The van der Waals surface area contributed by atoms with Crippen molar-refractivity contribution in [1.29, 1.82) is 0 Å². The Morgan fingerprint density at radius 3 is 2.82 bits per heavy atom. The average Bonchev–Trinajstić information content (AvgIpc) is 2.68. The van der Waals surface area contributed by atoms with Crippen LogP contribution in [0.1, 0.15) is 11.4 Å². The van der Waals surface area contributed by atoms with E-state index in [1.807, 2.05) is 36.7 Å². The van der Waals surface area contributed by atoms with Gasteiger partial charge in [-0.25, -0.2) is 15.0 Å². The monoisotopic (exact) mass is 251 g/mol. The second-order valence-corrected chi connectivity index (χ2v) is 4.29. The quantitative estimate of drug-likeness (QED) is 0.781. The highest BCUT2D eigenvalue weighted by Crippen LogP contribution is 2.18. The van der Waals surface area contributed by atoms with Crippen LogP contribution in [0, 0.1) is 6.92 Å². The lowest BCUT2D eigenvalue weighted by atomic mass is 10.3. The third-order valence-electron chi connectivity index (χ3n) is 2.58. The molecule has 5 nitrogen and oxygen atoms in total. The van der Waals surface area contributed by atoms with Crippen molar-refractivity contribution < 1.29 is 0 Å². The molecule has 0 radical (unpaired) electrons. The maximum absolute atomic E-state index is 5.80. The van der Waals surface area contributed by atoms with Crippen molar-refractivity contribution in [3.05, 3.63) is 35.3 Å². The summed E-state index contributed by atoms with van der Waals surface area (Å²) in [6.07, 6.45) is 5.42. The third kappa shape index (κ3) is 2.55. The molecule has 2 aromatic heterocycles. The van der Waals surface area contributed by atoms with Gasteiger partial charge in [-0.3, -0.25) is 0 Å². The molecule has 2 aromatic rings. The number of imidazole rings is 1. The van der Waals surface area contributed by atoms with E-state index in [1.54, 1.807) is 12.4 Å². The molecule has 6 heteroatoms. The zero-order valence-electron chi connectivity index (χ0n) is 10.1. The van der Waals surface area contributed by atoms with Gasteiger partial charge in [-0.05, 0) is 18.5 Å². The lowest BCUT2D eigenvalue weighted by molar-refractivity contribution is 0.752. The van der Waals surface area contributed by atoms with Crippen LogP contribution in [0.3, 0.4) is 0 Å². The van der Waals surface area contributed by atoms with E-state index in [0.717, 1.165) is 17.2 Å². The number of hydrogen-bond acceptors (Lipinski definition) is 4. The van der Waals surface area contributed by atoms with Gasteiger partial charge >= 0.3 is 0 Å². The first kappa shape index (κ1) is 11.9. The standard InChI is InChI=1S/C11H14ClN5/c1-8-6-14-11(12)15-10(8)17(3)7-9-13-4-5-16(9)2/h4-6H,7H2,1-3H3. The van der Waals surface area contributed by atoms with Gasteiger partial charge in [0.05, 0.1) is 6.54 Å². The number of hydrogen-bond donors (Lipinski definition) is 0. The molecule has 0 saturated heterocycles. The highest BCUT2D eigenvalue weighted by Gasteiger charge is 2.10. The van der Waals surface area contributed by atoms with Gasteiger partial charge in [-0.2, -0.15) is 0 Å². The van der Waals surface area contributed by atoms with Crippen LogP contribution in [0.5, 0.6) is 0 Å². The Labute approximate surface area is 105 Å². The van der Waals surface area contributed by atoms with Gasteiger partial charge in [-0.1, -0.05) is 0 Å². The molecule has 0 fully saturated rings. The van der Waals surface area contributed by atoms with Crippen LogP contribution in [0.25, 0.3) is 0 Å². The molecule has 0 N–H and O–H groups in total. The first-order chi connectivity index (χ1) is 8.08. The van der Waals surface area contributed by atoms with Crippen LogP contribution in [0.2, 0.25) is 5.28 Å². The number of aromatic nitrogens is 4. The van der Waals surface area contributed by atoms with Crippen LogP contribution in [0.15, 0.2) is 18.6 Å². The molecule has 17 heavy (non-hydrogen) atoms. The summed E-state index contributed by atoms with van der Waals surface area (Å²) >= 11 is 5.80. The Morgan fingerprint density at radius 1 is 1.41 bits per heavy atom. The van der Waals surface area contributed by atoms with E-state index in [4.69, 9.17) is 11.6 Å². The van der Waals surface area contributed by atoms with Crippen molar-refractivity contribution in [3.63, 3.8) is 0 Å². The predicted molar refractivity (Wildman–Crippen MR) is 67.1 cm³/mol. The number of halogens is 1. The molecule has 0 atom stereocenters. The van der Waals surface area contributed by atoms with E-state index in [2.05, 4.69) is 15.0 Å². The summed E-state index contributed by atoms with van der Waals surface area (Å²) in [5, 5.41) is 0.261. The first-order valence-corrected chi connectivity index (χ1v) is 5.62. The molecule has 0 spiro atoms. The second kappa shape index (κ2) is 4.71. The normalized spacial score (nSPS) is 10.6. The van der Waals surface area contributed by atoms with E-state index >= 15 is 0 Å². The lowest BCUT2D eigenvalue weighted by Gasteiger charge is -2.19. The molecule has 0 amide bonds. The summed E-state index contributed by atoms with van der Waals surface area (Å²) in [6.45, 7) is 2.64. The van der Waals surface area contributed by atoms with Crippen molar-refractivity contribution >= 4 is 17.4 Å². The van der Waals surface area contributed by atoms with E-state index in [1.165, 1.54) is 0 Å². The zero-order valence-corrected chi connectivity index (χ0v) is 10.8. The maximum atomic E-state index is 5.80. The predicted octanol–water partition coefficient (Wildman–Crippen LogP) is 1.81. The lowest BCUT2D eigenvalue weighted by Crippen LogP contribution is -2.21. The van der Waals surface area contributed by atoms with Crippen molar-refractivity contribution in [3.8, 4) is 0 Å². The number of anilines is 1. The van der Waals surface area contributed by atoms with Gasteiger partial charge in [0.25, 0.3) is 0 Å². The van der Waals surface area contributed by atoms with Crippen LogP contribution in [-0.4, -0.2) is 26.6 Å². The molecule has 0 aromatic carbocycles. The fourth-order valence-corrected chi connectivity index (χ4v) is 1.76. The fraction of sp³-hybridized carbons (Fsp3) is 0.364. The number of nitrogens with zero attached hydrogens (tertiary/aromatic N) is 5. The Kier molecular flexibility index (Phi) is 3.28. The average molecular weight is 252 g/mol. The molecule has 90 valence electrons. The molecule has 0 bridgehead atoms. The summed E-state index contributed by atoms with van der Waals surface area (Å²) < 4.78 is 1.98. The Morgan fingerprint density at radius 2 is 2.18 bits per heavy atom. The molecule has 0 aliphatic rings. The van der Waals surface area contributed by atoms with Crippen molar-refractivity contribution in [2.45, 2.75) is 13.5 Å². The Bertz CT molecular complexity index is 522. The van der Waals surface area contributed by atoms with Gasteiger partial charge in [0.1, 0.15) is 11.6 Å². The minimum absolute atomic E-state index is 0.261. The highest BCUT2D eigenvalue weighted by molar-refractivity contribution is 6.28. The molecule has 0 saturated carbocycles. The molecule has 2 heterocycles. The van der Waals surface area contributed by atoms with Crippen LogP contribution in [0.4, 0.5) is 5.82 Å². The minimum atomic E-state index is 0.261. The summed E-state index contributed by atoms with van der Waals surface area (Å²) in [7, 11) is 3.93. The maximum Gasteiger partial charge on any atom is 0.224 e. The fourth-order valence-electron chi connectivity index (χ4n) is 1.63. The van der Waals surface area contributed by atoms with E-state index in [-0.39, 0.29) is 5.28 Å². The SMILES string of the molecule is Cc1cnc(Cl)nc1N(C)Cc1nccn1C. The third-order valence-corrected chi connectivity index (χ3v) is 2.76. The van der Waals surface area contributed by atoms with Crippen LogP contribution < -0.4 is 4.90 Å². The molecular formula is C11H14ClN5. The van der Waals surface area contributed by atoms with E-state index < -0.39 is 0 Å². The Balaban J connectivity index is 2.23. The van der Waals surface area contributed by atoms with E-state index in [0.29, 0.717) is 6.54 Å². The van der Waals surface area contributed by atoms with Crippen LogP contribution in [-0.2, 0) is 13.6 Å². The largest absolute Gasteiger partial charge is 0.352 e. The zero-order chi connectivity index (χ0) is 12.4. The molecular weight excluding hydrogens is 238 g/mol. The van der Waals surface area contributed by atoms with Gasteiger partial charge in [-0.15, -0.1) is 0 Å². The molecule has 0 aliphatic heterocycles. The second-order valence-electron chi connectivity index (χ2n) is 3.96. The van der Waals surface area contributed by atoms with Crippen molar-refractivity contribution in [2.24, 2.45) is 7.05 Å². The van der Waals surface area contributed by atoms with Gasteiger partial charge < -0.3 is 9.47 Å². The van der Waals surface area contributed by atoms with E-state index in [9.17, 15) is 0 Å².